The van der Waals surface area contributed by atoms with E-state index < -0.39 is 12.0 Å². The first kappa shape index (κ1) is 54.8. The molecule has 3 aliphatic heterocycles. The van der Waals surface area contributed by atoms with Gasteiger partial charge in [-0.2, -0.15) is 0 Å². The maximum absolute atomic E-state index is 13.2. The van der Waals surface area contributed by atoms with Gasteiger partial charge >= 0.3 is 5.97 Å². The van der Waals surface area contributed by atoms with Crippen molar-refractivity contribution in [3.05, 3.63) is 91.5 Å². The molecule has 7 rings (SSSR count). The SMILES string of the molecule is Cc1cccc2c1cc(C(=O)NCC1CCN(C(C)C(=O)N3CCOCC3)CC1)c(=O)n2C(C)C.Cc1cccc2c1cc(C(=O)NCC1CCN(C(C)C(=O)O)CC1)c(=O)n2C(C)C.Cl.Cl. The number of ether oxygens (including phenoxy) is 1. The minimum atomic E-state index is -0.810. The Balaban J connectivity index is 0.000000287. The van der Waals surface area contributed by atoms with E-state index in [9.17, 15) is 28.8 Å². The molecule has 3 saturated heterocycles. The van der Waals surface area contributed by atoms with Gasteiger partial charge in [0.1, 0.15) is 17.2 Å². The van der Waals surface area contributed by atoms with Crippen LogP contribution in [0.5, 0.6) is 0 Å². The second kappa shape index (κ2) is 24.5. The molecule has 0 aliphatic carbocycles. The Hall–Kier alpha value is -4.80. The zero-order valence-electron chi connectivity index (χ0n) is 40.3. The topological polar surface area (TPSA) is 176 Å². The van der Waals surface area contributed by atoms with Gasteiger partial charge in [-0.15, -0.1) is 24.8 Å². The first-order valence-electron chi connectivity index (χ1n) is 23.4. The van der Waals surface area contributed by atoms with Gasteiger partial charge in [-0.05, 0) is 154 Å². The number of hydrogen-bond donors (Lipinski definition) is 3. The number of aromatic nitrogens is 2. The van der Waals surface area contributed by atoms with Crippen LogP contribution in [0, 0.1) is 25.7 Å². The molecule has 0 radical (unpaired) electrons. The Morgan fingerprint density at radius 1 is 0.627 bits per heavy atom. The van der Waals surface area contributed by atoms with E-state index in [0.717, 1.165) is 71.7 Å². The predicted octanol–water partition coefficient (Wildman–Crippen LogP) is 6.23. The molecule has 2 unspecified atom stereocenters. The molecule has 3 fully saturated rings. The molecule has 0 saturated carbocycles. The first-order valence-corrected chi connectivity index (χ1v) is 23.4. The van der Waals surface area contributed by atoms with Crippen molar-refractivity contribution < 1.29 is 29.0 Å². The summed E-state index contributed by atoms with van der Waals surface area (Å²) >= 11 is 0. The van der Waals surface area contributed by atoms with E-state index in [2.05, 4.69) is 15.5 Å². The lowest BCUT2D eigenvalue weighted by Crippen LogP contribution is -2.52. The lowest BCUT2D eigenvalue weighted by molar-refractivity contribution is -0.143. The van der Waals surface area contributed by atoms with Crippen LogP contribution < -0.4 is 21.8 Å². The van der Waals surface area contributed by atoms with Crippen LogP contribution >= 0.6 is 24.8 Å². The van der Waals surface area contributed by atoms with Gasteiger partial charge in [0.2, 0.25) is 5.91 Å². The molecule has 3 N–H and O–H groups in total. The van der Waals surface area contributed by atoms with E-state index in [1.807, 2.05) is 94.7 Å². The minimum absolute atomic E-state index is 0. The number of hydrogen-bond acceptors (Lipinski definition) is 9. The van der Waals surface area contributed by atoms with E-state index in [0.29, 0.717) is 58.4 Å². The van der Waals surface area contributed by atoms with Gasteiger partial charge in [-0.1, -0.05) is 24.3 Å². The summed E-state index contributed by atoms with van der Waals surface area (Å²) < 4.78 is 8.75. The number of nitrogens with one attached hydrogen (secondary N) is 2. The van der Waals surface area contributed by atoms with Gasteiger partial charge in [-0.3, -0.25) is 38.6 Å². The minimum Gasteiger partial charge on any atom is -0.480 e. The average molecular weight is 969 g/mol. The number of halogens is 2. The summed E-state index contributed by atoms with van der Waals surface area (Å²) in [5.74, 6) is -0.687. The van der Waals surface area contributed by atoms with Crippen molar-refractivity contribution in [1.29, 1.82) is 0 Å². The summed E-state index contributed by atoms with van der Waals surface area (Å²) in [6.45, 7) is 22.1. The Morgan fingerprint density at radius 3 is 1.39 bits per heavy atom. The highest BCUT2D eigenvalue weighted by atomic mass is 35.5. The van der Waals surface area contributed by atoms with Crippen LogP contribution in [0.25, 0.3) is 21.8 Å². The Bertz CT molecular complexity index is 2490. The molecule has 17 heteroatoms. The molecule has 4 aromatic rings. The van der Waals surface area contributed by atoms with E-state index in [1.165, 1.54) is 0 Å². The largest absolute Gasteiger partial charge is 0.480 e. The number of carboxylic acid groups (broad SMARTS) is 1. The molecular weight excluding hydrogens is 897 g/mol. The van der Waals surface area contributed by atoms with Gasteiger partial charge in [0.25, 0.3) is 22.9 Å². The van der Waals surface area contributed by atoms with Crippen LogP contribution in [0.4, 0.5) is 0 Å². The van der Waals surface area contributed by atoms with Crippen molar-refractivity contribution in [3.8, 4) is 0 Å². The number of benzene rings is 2. The van der Waals surface area contributed by atoms with E-state index in [-0.39, 0.29) is 88.8 Å². The van der Waals surface area contributed by atoms with Gasteiger partial charge in [-0.25, -0.2) is 0 Å². The Labute approximate surface area is 406 Å². The van der Waals surface area contributed by atoms with E-state index in [4.69, 9.17) is 9.84 Å². The molecule has 2 aromatic carbocycles. The van der Waals surface area contributed by atoms with Crippen molar-refractivity contribution in [2.75, 3.05) is 65.6 Å². The lowest BCUT2D eigenvalue weighted by atomic mass is 9.95. The number of aliphatic carboxylic acids is 1. The maximum Gasteiger partial charge on any atom is 0.320 e. The zero-order valence-corrected chi connectivity index (χ0v) is 42.0. The number of morpholine rings is 1. The van der Waals surface area contributed by atoms with E-state index in [1.54, 1.807) is 28.2 Å². The molecule has 3 amide bonds. The number of carbonyl (C=O) groups excluding carboxylic acids is 3. The number of carbonyl (C=O) groups is 4. The number of amides is 3. The smallest absolute Gasteiger partial charge is 0.320 e. The molecule has 67 heavy (non-hydrogen) atoms. The fraction of sp³-hybridized carbons (Fsp3) is 0.560. The van der Waals surface area contributed by atoms with Crippen molar-refractivity contribution in [3.63, 3.8) is 0 Å². The molecule has 0 bridgehead atoms. The molecule has 2 atom stereocenters. The monoisotopic (exact) mass is 967 g/mol. The summed E-state index contributed by atoms with van der Waals surface area (Å²) in [5.41, 5.74) is 3.60. The fourth-order valence-corrected chi connectivity index (χ4v) is 9.48. The third-order valence-electron chi connectivity index (χ3n) is 13.7. The quantitative estimate of drug-likeness (QED) is 0.148. The second-order valence-corrected chi connectivity index (χ2v) is 18.7. The highest BCUT2D eigenvalue weighted by molar-refractivity contribution is 5.99. The number of fused-ring (bicyclic) bond motifs is 2. The standard InChI is InChI=1S/C27H38N4O4.C23H31N3O4.2ClH/c1-18(2)31-24-7-5-6-19(3)22(24)16-23(27(31)34)25(32)28-17-21-8-10-29(11-9-21)20(4)26(33)30-12-14-35-15-13-30;1-14(2)26-20-7-5-6-15(3)18(20)12-19(22(26)28)21(27)24-13-17-8-10-25(11-9-17)16(4)23(29)30;;/h5-7,16,18,20-21H,8-15,17H2,1-4H3,(H,28,32);5-7,12,14,16-17H,8-11,13H2,1-4H3,(H,24,27)(H,29,30);2*1H. The average Bonchev–Trinajstić information content (AvgIpc) is 3.29. The maximum atomic E-state index is 13.2. The Morgan fingerprint density at radius 2 is 1.01 bits per heavy atom. The van der Waals surface area contributed by atoms with Crippen LogP contribution in [0.2, 0.25) is 0 Å². The van der Waals surface area contributed by atoms with Crippen LogP contribution in [-0.2, 0) is 14.3 Å². The van der Waals surface area contributed by atoms with Crippen LogP contribution in [0.3, 0.4) is 0 Å². The molecule has 368 valence electrons. The molecular formula is C50H71Cl2N7O8. The summed E-state index contributed by atoms with van der Waals surface area (Å²) in [6, 6.07) is 14.4. The zero-order chi connectivity index (χ0) is 47.1. The molecule has 5 heterocycles. The Kier molecular flexibility index (Phi) is 20.0. The highest BCUT2D eigenvalue weighted by Crippen LogP contribution is 2.24. The van der Waals surface area contributed by atoms with Crippen molar-refractivity contribution in [1.82, 2.24) is 34.5 Å². The number of rotatable bonds is 12. The highest BCUT2D eigenvalue weighted by Gasteiger charge is 2.31. The third-order valence-corrected chi connectivity index (χ3v) is 13.7. The fourth-order valence-electron chi connectivity index (χ4n) is 9.48. The van der Waals surface area contributed by atoms with Crippen molar-refractivity contribution >= 4 is 70.3 Å². The number of piperidine rings is 2. The number of aryl methyl sites for hydroxylation is 2. The predicted molar refractivity (Wildman–Crippen MR) is 268 cm³/mol. The van der Waals surface area contributed by atoms with Crippen LogP contribution in [-0.4, -0.2) is 130 Å². The molecule has 15 nitrogen and oxygen atoms in total. The summed E-state index contributed by atoms with van der Waals surface area (Å²) in [5, 5.41) is 17.0. The molecule has 0 spiro atoms. The van der Waals surface area contributed by atoms with Gasteiger partial charge < -0.3 is 34.5 Å². The number of likely N-dealkylation sites (tertiary alicyclic amines) is 2. The lowest BCUT2D eigenvalue weighted by Gasteiger charge is -2.38. The van der Waals surface area contributed by atoms with Crippen molar-refractivity contribution in [2.45, 2.75) is 105 Å². The van der Waals surface area contributed by atoms with Gasteiger partial charge in [0, 0.05) is 49.0 Å². The third kappa shape index (κ3) is 12.8. The van der Waals surface area contributed by atoms with Crippen LogP contribution in [0.15, 0.2) is 58.1 Å². The van der Waals surface area contributed by atoms with Crippen LogP contribution in [0.1, 0.15) is 111 Å². The number of carboxylic acids is 1. The first-order chi connectivity index (χ1) is 31.0. The molecule has 2 aromatic heterocycles. The number of nitrogens with zero attached hydrogens (tertiary/aromatic N) is 5. The van der Waals surface area contributed by atoms with Gasteiger partial charge in [0.05, 0.1) is 30.3 Å². The number of pyridine rings is 2. The summed E-state index contributed by atoms with van der Waals surface area (Å²) in [6.07, 6.45) is 3.47. The summed E-state index contributed by atoms with van der Waals surface area (Å²) in [7, 11) is 0. The second-order valence-electron chi connectivity index (χ2n) is 18.7. The van der Waals surface area contributed by atoms with E-state index >= 15 is 0 Å². The normalized spacial score (nSPS) is 17.3. The van der Waals surface area contributed by atoms with Gasteiger partial charge in [0.15, 0.2) is 0 Å². The molecule has 3 aliphatic rings. The summed E-state index contributed by atoms with van der Waals surface area (Å²) in [4.78, 5) is 82.3. The van der Waals surface area contributed by atoms with Crippen molar-refractivity contribution in [2.24, 2.45) is 11.8 Å².